The number of aliphatic hydroxyl groups excluding tert-OH is 1. The van der Waals surface area contributed by atoms with E-state index < -0.39 is 0 Å². The highest BCUT2D eigenvalue weighted by molar-refractivity contribution is 6.35. The van der Waals surface area contributed by atoms with Crippen LogP contribution in [0.25, 0.3) is 0 Å². The Kier molecular flexibility index (Phi) is 7.69. The van der Waals surface area contributed by atoms with Crippen LogP contribution in [0, 0.1) is 0 Å². The Morgan fingerprint density at radius 3 is 2.52 bits per heavy atom. The molecule has 0 spiro atoms. The molecule has 0 amide bonds. The van der Waals surface area contributed by atoms with Crippen molar-refractivity contribution in [1.29, 1.82) is 0 Å². The molecule has 0 saturated heterocycles. The highest BCUT2D eigenvalue weighted by Crippen LogP contribution is 2.27. The molecular formula is C18H20Cl2O3. The number of hydrogen-bond donors (Lipinski definition) is 1. The van der Waals surface area contributed by atoms with E-state index in [4.69, 9.17) is 37.8 Å². The van der Waals surface area contributed by atoms with Crippen molar-refractivity contribution < 1.29 is 14.6 Å². The molecule has 2 aromatic rings. The number of ether oxygens (including phenoxy) is 2. The third-order valence-corrected chi connectivity index (χ3v) is 3.86. The molecule has 0 fully saturated rings. The highest BCUT2D eigenvalue weighted by Gasteiger charge is 2.12. The molecule has 1 N–H and O–H groups in total. The van der Waals surface area contributed by atoms with Gasteiger partial charge in [0.1, 0.15) is 12.4 Å². The molecule has 0 aliphatic heterocycles. The first-order valence-corrected chi connectivity index (χ1v) is 8.29. The summed E-state index contributed by atoms with van der Waals surface area (Å²) >= 11 is 12.0. The monoisotopic (exact) mass is 354 g/mol. The van der Waals surface area contributed by atoms with Crippen molar-refractivity contribution in [3.05, 3.63) is 64.1 Å². The topological polar surface area (TPSA) is 38.7 Å². The number of hydrogen-bond acceptors (Lipinski definition) is 3. The summed E-state index contributed by atoms with van der Waals surface area (Å²) in [4.78, 5) is 0. The van der Waals surface area contributed by atoms with Gasteiger partial charge in [-0.15, -0.1) is 0 Å². The summed E-state index contributed by atoms with van der Waals surface area (Å²) in [5, 5.41) is 10.1. The van der Waals surface area contributed by atoms with Gasteiger partial charge >= 0.3 is 0 Å². The van der Waals surface area contributed by atoms with E-state index >= 15 is 0 Å². The van der Waals surface area contributed by atoms with Gasteiger partial charge in [-0.05, 0) is 36.6 Å². The normalized spacial score (nSPS) is 12.1. The largest absolute Gasteiger partial charge is 0.489 e. The Labute approximate surface area is 146 Å². The molecule has 0 radical (unpaired) electrons. The Bertz CT molecular complexity index is 590. The molecule has 23 heavy (non-hydrogen) atoms. The Balaban J connectivity index is 1.89. The molecule has 5 heteroatoms. The van der Waals surface area contributed by atoms with E-state index in [2.05, 4.69) is 0 Å². The van der Waals surface area contributed by atoms with E-state index in [1.54, 1.807) is 18.2 Å². The van der Waals surface area contributed by atoms with Crippen LogP contribution in [0.5, 0.6) is 5.75 Å². The van der Waals surface area contributed by atoms with Gasteiger partial charge in [-0.25, -0.2) is 0 Å². The molecule has 3 nitrogen and oxygen atoms in total. The minimum Gasteiger partial charge on any atom is -0.489 e. The molecule has 0 aliphatic rings. The summed E-state index contributed by atoms with van der Waals surface area (Å²) < 4.78 is 11.7. The Morgan fingerprint density at radius 2 is 1.83 bits per heavy atom. The number of aliphatic hydroxyl groups is 1. The predicted molar refractivity (Wildman–Crippen MR) is 93.3 cm³/mol. The maximum Gasteiger partial charge on any atom is 0.138 e. The van der Waals surface area contributed by atoms with Crippen LogP contribution >= 0.6 is 23.2 Å². The van der Waals surface area contributed by atoms with E-state index in [9.17, 15) is 0 Å². The van der Waals surface area contributed by atoms with Gasteiger partial charge in [-0.2, -0.15) is 0 Å². The number of benzene rings is 2. The lowest BCUT2D eigenvalue weighted by molar-refractivity contribution is 0.00126. The van der Waals surface area contributed by atoms with Gasteiger partial charge in [0.15, 0.2) is 0 Å². The average Bonchev–Trinajstić information content (AvgIpc) is 2.56. The van der Waals surface area contributed by atoms with Crippen LogP contribution < -0.4 is 4.74 Å². The molecule has 0 saturated carbocycles. The molecular weight excluding hydrogens is 335 g/mol. The smallest absolute Gasteiger partial charge is 0.138 e. The van der Waals surface area contributed by atoms with E-state index in [0.717, 1.165) is 5.56 Å². The first kappa shape index (κ1) is 18.1. The second kappa shape index (κ2) is 9.78. The Morgan fingerprint density at radius 1 is 1.04 bits per heavy atom. The molecule has 1 atom stereocenters. The molecule has 0 aliphatic carbocycles. The van der Waals surface area contributed by atoms with Crippen LogP contribution in [-0.2, 0) is 11.3 Å². The van der Waals surface area contributed by atoms with E-state index in [1.807, 2.05) is 30.3 Å². The van der Waals surface area contributed by atoms with Crippen molar-refractivity contribution in [1.82, 2.24) is 0 Å². The fourth-order valence-electron chi connectivity index (χ4n) is 2.10. The maximum absolute atomic E-state index is 9.03. The van der Waals surface area contributed by atoms with Crippen molar-refractivity contribution in [3.8, 4) is 5.75 Å². The SMILES string of the molecule is OCCCC(COc1ccc(Cl)cc1Cl)OCc1ccccc1. The standard InChI is InChI=1S/C18H20Cl2O3/c19-15-8-9-18(17(20)11-15)23-13-16(7-4-10-21)22-12-14-5-2-1-3-6-14/h1-3,5-6,8-9,11,16,21H,4,7,10,12-13H2. The first-order chi connectivity index (χ1) is 11.2. The number of halogens is 2. The van der Waals surface area contributed by atoms with Crippen LogP contribution in [-0.4, -0.2) is 24.4 Å². The third kappa shape index (κ3) is 6.40. The summed E-state index contributed by atoms with van der Waals surface area (Å²) in [5.74, 6) is 0.577. The quantitative estimate of drug-likeness (QED) is 0.707. The van der Waals surface area contributed by atoms with Crippen molar-refractivity contribution in [2.24, 2.45) is 0 Å². The summed E-state index contributed by atoms with van der Waals surface area (Å²) in [6.45, 7) is 1.01. The predicted octanol–water partition coefficient (Wildman–Crippen LogP) is 4.73. The zero-order chi connectivity index (χ0) is 16.5. The van der Waals surface area contributed by atoms with Crippen LogP contribution in [0.2, 0.25) is 10.0 Å². The fourth-order valence-corrected chi connectivity index (χ4v) is 2.56. The zero-order valence-corrected chi connectivity index (χ0v) is 14.3. The highest BCUT2D eigenvalue weighted by atomic mass is 35.5. The lowest BCUT2D eigenvalue weighted by Gasteiger charge is -2.19. The van der Waals surface area contributed by atoms with E-state index in [-0.39, 0.29) is 12.7 Å². The van der Waals surface area contributed by atoms with E-state index in [0.29, 0.717) is 41.9 Å². The Hall–Kier alpha value is -1.26. The third-order valence-electron chi connectivity index (χ3n) is 3.33. The molecule has 0 bridgehead atoms. The van der Waals surface area contributed by atoms with Gasteiger partial charge in [0, 0.05) is 11.6 Å². The first-order valence-electron chi connectivity index (χ1n) is 7.53. The van der Waals surface area contributed by atoms with E-state index in [1.165, 1.54) is 0 Å². The van der Waals surface area contributed by atoms with Crippen molar-refractivity contribution >= 4 is 23.2 Å². The van der Waals surface area contributed by atoms with Gasteiger partial charge in [0.25, 0.3) is 0 Å². The lowest BCUT2D eigenvalue weighted by Crippen LogP contribution is -2.22. The van der Waals surface area contributed by atoms with Crippen LogP contribution in [0.1, 0.15) is 18.4 Å². The molecule has 2 aromatic carbocycles. The van der Waals surface area contributed by atoms with Crippen LogP contribution in [0.3, 0.4) is 0 Å². The van der Waals surface area contributed by atoms with Gasteiger partial charge in [0.2, 0.25) is 0 Å². The van der Waals surface area contributed by atoms with Gasteiger partial charge in [0.05, 0.1) is 17.7 Å². The lowest BCUT2D eigenvalue weighted by atomic mass is 10.2. The average molecular weight is 355 g/mol. The van der Waals surface area contributed by atoms with Crippen molar-refractivity contribution in [2.75, 3.05) is 13.2 Å². The van der Waals surface area contributed by atoms with Gasteiger partial charge in [-0.3, -0.25) is 0 Å². The molecule has 124 valence electrons. The van der Waals surface area contributed by atoms with Crippen molar-refractivity contribution in [2.45, 2.75) is 25.6 Å². The summed E-state index contributed by atoms with van der Waals surface area (Å²) in [7, 11) is 0. The molecule has 2 rings (SSSR count). The minimum absolute atomic E-state index is 0.117. The maximum atomic E-state index is 9.03. The second-order valence-corrected chi connectivity index (χ2v) is 6.01. The molecule has 0 heterocycles. The van der Waals surface area contributed by atoms with Gasteiger partial charge < -0.3 is 14.6 Å². The summed E-state index contributed by atoms with van der Waals surface area (Å²) in [6, 6.07) is 15.1. The summed E-state index contributed by atoms with van der Waals surface area (Å²) in [6.07, 6.45) is 1.26. The van der Waals surface area contributed by atoms with Gasteiger partial charge in [-0.1, -0.05) is 53.5 Å². The molecule has 0 aromatic heterocycles. The molecule has 1 unspecified atom stereocenters. The summed E-state index contributed by atoms with van der Waals surface area (Å²) in [5.41, 5.74) is 1.10. The zero-order valence-electron chi connectivity index (χ0n) is 12.8. The second-order valence-electron chi connectivity index (χ2n) is 5.17. The van der Waals surface area contributed by atoms with Crippen molar-refractivity contribution in [3.63, 3.8) is 0 Å². The van der Waals surface area contributed by atoms with Crippen LogP contribution in [0.15, 0.2) is 48.5 Å². The fraction of sp³-hybridized carbons (Fsp3) is 0.333. The minimum atomic E-state index is -0.117. The van der Waals surface area contributed by atoms with Crippen LogP contribution in [0.4, 0.5) is 0 Å². The number of rotatable bonds is 9.